The Labute approximate surface area is 131 Å². The van der Waals surface area contributed by atoms with Crippen LogP contribution in [0.25, 0.3) is 0 Å². The van der Waals surface area contributed by atoms with Gasteiger partial charge < -0.3 is 24.8 Å². The summed E-state index contributed by atoms with van der Waals surface area (Å²) in [6.45, 7) is 5.05. The van der Waals surface area contributed by atoms with Gasteiger partial charge in [0.15, 0.2) is 5.96 Å². The summed E-state index contributed by atoms with van der Waals surface area (Å²) in [6.07, 6.45) is 0.862. The van der Waals surface area contributed by atoms with Crippen LogP contribution >= 0.6 is 0 Å². The van der Waals surface area contributed by atoms with Crippen molar-refractivity contribution in [2.45, 2.75) is 13.0 Å². The average Bonchev–Trinajstić information content (AvgIpc) is 2.59. The van der Waals surface area contributed by atoms with Crippen LogP contribution in [0.1, 0.15) is 12.0 Å². The van der Waals surface area contributed by atoms with Crippen molar-refractivity contribution >= 4 is 5.96 Å². The summed E-state index contributed by atoms with van der Waals surface area (Å²) in [5.41, 5.74) is 7.09. The highest BCUT2D eigenvalue weighted by atomic mass is 16.5. The predicted molar refractivity (Wildman–Crippen MR) is 86.1 cm³/mol. The molecule has 0 saturated carbocycles. The number of nitrogens with two attached hydrogens (primary N) is 1. The molecule has 2 N–H and O–H groups in total. The van der Waals surface area contributed by atoms with E-state index in [1.54, 1.807) is 7.11 Å². The lowest BCUT2D eigenvalue weighted by atomic mass is 10.2. The third-order valence-electron chi connectivity index (χ3n) is 3.48. The van der Waals surface area contributed by atoms with E-state index in [0.717, 1.165) is 44.0 Å². The summed E-state index contributed by atoms with van der Waals surface area (Å²) in [6, 6.07) is 7.89. The smallest absolute Gasteiger partial charge is 0.191 e. The zero-order valence-corrected chi connectivity index (χ0v) is 13.2. The van der Waals surface area contributed by atoms with Crippen LogP contribution in [0.15, 0.2) is 29.3 Å². The minimum Gasteiger partial charge on any atom is -0.497 e. The molecule has 1 fully saturated rings. The van der Waals surface area contributed by atoms with Crippen molar-refractivity contribution < 1.29 is 14.2 Å². The van der Waals surface area contributed by atoms with Crippen LogP contribution in [-0.4, -0.2) is 57.4 Å². The molecule has 122 valence electrons. The molecule has 6 heteroatoms. The predicted octanol–water partition coefficient (Wildman–Crippen LogP) is 1.25. The molecular formula is C16H25N3O3. The van der Waals surface area contributed by atoms with Crippen molar-refractivity contribution in [2.75, 3.05) is 46.6 Å². The third kappa shape index (κ3) is 5.54. The second-order valence-electron chi connectivity index (χ2n) is 5.09. The van der Waals surface area contributed by atoms with Gasteiger partial charge in [0.2, 0.25) is 0 Å². The maximum atomic E-state index is 5.95. The topological polar surface area (TPSA) is 69.3 Å². The molecule has 0 radical (unpaired) electrons. The fourth-order valence-electron chi connectivity index (χ4n) is 2.16. The fourth-order valence-corrected chi connectivity index (χ4v) is 2.16. The van der Waals surface area contributed by atoms with E-state index < -0.39 is 0 Å². The molecule has 0 atom stereocenters. The number of aliphatic imine (C=N–C) groups is 1. The summed E-state index contributed by atoms with van der Waals surface area (Å²) in [7, 11) is 1.66. The zero-order valence-electron chi connectivity index (χ0n) is 13.2. The van der Waals surface area contributed by atoms with Crippen LogP contribution in [0.2, 0.25) is 0 Å². The van der Waals surface area contributed by atoms with Crippen LogP contribution in [0, 0.1) is 0 Å². The standard InChI is InChI=1S/C16H25N3O3/c1-20-15-5-3-14(4-6-15)13-22-10-2-7-18-16(17)19-8-11-21-12-9-19/h3-6H,2,7-13H2,1H3,(H2,17,18). The summed E-state index contributed by atoms with van der Waals surface area (Å²) >= 11 is 0. The SMILES string of the molecule is COc1ccc(COCCCN=C(N)N2CCOCC2)cc1. The summed E-state index contributed by atoms with van der Waals surface area (Å²) in [5, 5.41) is 0. The second kappa shape index (κ2) is 9.27. The molecule has 1 aliphatic heterocycles. The molecule has 1 saturated heterocycles. The van der Waals surface area contributed by atoms with E-state index in [4.69, 9.17) is 19.9 Å². The second-order valence-corrected chi connectivity index (χ2v) is 5.09. The molecule has 0 spiro atoms. The monoisotopic (exact) mass is 307 g/mol. The average molecular weight is 307 g/mol. The van der Waals surface area contributed by atoms with Crippen LogP contribution in [0.3, 0.4) is 0 Å². The number of methoxy groups -OCH3 is 1. The molecule has 6 nitrogen and oxygen atoms in total. The Morgan fingerprint density at radius 2 is 2.00 bits per heavy atom. The van der Waals surface area contributed by atoms with Gasteiger partial charge in [0.05, 0.1) is 26.9 Å². The Morgan fingerprint density at radius 1 is 1.27 bits per heavy atom. The van der Waals surface area contributed by atoms with Crippen molar-refractivity contribution in [2.24, 2.45) is 10.7 Å². The first-order valence-electron chi connectivity index (χ1n) is 7.63. The molecular weight excluding hydrogens is 282 g/mol. The van der Waals surface area contributed by atoms with E-state index in [1.165, 1.54) is 0 Å². The number of guanidine groups is 1. The van der Waals surface area contributed by atoms with Crippen molar-refractivity contribution in [3.63, 3.8) is 0 Å². The van der Waals surface area contributed by atoms with E-state index in [9.17, 15) is 0 Å². The maximum Gasteiger partial charge on any atom is 0.191 e. The number of hydrogen-bond donors (Lipinski definition) is 1. The third-order valence-corrected chi connectivity index (χ3v) is 3.48. The summed E-state index contributed by atoms with van der Waals surface area (Å²) in [5.74, 6) is 1.47. The quantitative estimate of drug-likeness (QED) is 0.466. The van der Waals surface area contributed by atoms with Gasteiger partial charge in [0, 0.05) is 26.2 Å². The number of benzene rings is 1. The lowest BCUT2D eigenvalue weighted by Gasteiger charge is -2.27. The van der Waals surface area contributed by atoms with Crippen molar-refractivity contribution in [3.05, 3.63) is 29.8 Å². The highest BCUT2D eigenvalue weighted by molar-refractivity contribution is 5.78. The van der Waals surface area contributed by atoms with Gasteiger partial charge in [-0.15, -0.1) is 0 Å². The van der Waals surface area contributed by atoms with E-state index >= 15 is 0 Å². The number of hydrogen-bond acceptors (Lipinski definition) is 4. The first kappa shape index (κ1) is 16.6. The van der Waals surface area contributed by atoms with Crippen molar-refractivity contribution in [3.8, 4) is 5.75 Å². The van der Waals surface area contributed by atoms with Gasteiger partial charge >= 0.3 is 0 Å². The van der Waals surface area contributed by atoms with Crippen LogP contribution in [-0.2, 0) is 16.1 Å². The Bertz CT molecular complexity index is 456. The van der Waals surface area contributed by atoms with Gasteiger partial charge in [0.25, 0.3) is 0 Å². The first-order valence-corrected chi connectivity index (χ1v) is 7.63. The number of morpholine rings is 1. The van der Waals surface area contributed by atoms with Gasteiger partial charge in [-0.2, -0.15) is 0 Å². The minimum atomic E-state index is 0.604. The van der Waals surface area contributed by atoms with Gasteiger partial charge in [-0.25, -0.2) is 0 Å². The molecule has 0 aromatic heterocycles. The van der Waals surface area contributed by atoms with E-state index in [-0.39, 0.29) is 0 Å². The largest absolute Gasteiger partial charge is 0.497 e. The normalized spacial score (nSPS) is 15.9. The van der Waals surface area contributed by atoms with Crippen molar-refractivity contribution in [1.29, 1.82) is 0 Å². The number of ether oxygens (including phenoxy) is 3. The molecule has 1 aromatic rings. The molecule has 1 aromatic carbocycles. The van der Waals surface area contributed by atoms with Crippen LogP contribution in [0.5, 0.6) is 5.75 Å². The maximum absolute atomic E-state index is 5.95. The zero-order chi connectivity index (χ0) is 15.6. The first-order chi connectivity index (χ1) is 10.8. The minimum absolute atomic E-state index is 0.604. The molecule has 1 heterocycles. The summed E-state index contributed by atoms with van der Waals surface area (Å²) in [4.78, 5) is 6.44. The Hall–Kier alpha value is -1.79. The van der Waals surface area contributed by atoms with E-state index in [2.05, 4.69) is 9.89 Å². The molecule has 1 aliphatic rings. The molecule has 0 unspecified atom stereocenters. The summed E-state index contributed by atoms with van der Waals surface area (Å²) < 4.78 is 16.0. The Balaban J connectivity index is 1.58. The molecule has 0 amide bonds. The molecule has 2 rings (SSSR count). The number of rotatable bonds is 7. The molecule has 0 aliphatic carbocycles. The van der Waals surface area contributed by atoms with Gasteiger partial charge in [-0.3, -0.25) is 4.99 Å². The van der Waals surface area contributed by atoms with Crippen LogP contribution in [0.4, 0.5) is 0 Å². The highest BCUT2D eigenvalue weighted by Gasteiger charge is 2.11. The molecule has 0 bridgehead atoms. The highest BCUT2D eigenvalue weighted by Crippen LogP contribution is 2.11. The van der Waals surface area contributed by atoms with Crippen molar-refractivity contribution in [1.82, 2.24) is 4.90 Å². The van der Waals surface area contributed by atoms with Crippen LogP contribution < -0.4 is 10.5 Å². The van der Waals surface area contributed by atoms with E-state index in [0.29, 0.717) is 25.7 Å². The fraction of sp³-hybridized carbons (Fsp3) is 0.562. The Morgan fingerprint density at radius 3 is 2.68 bits per heavy atom. The Kier molecular flexibility index (Phi) is 6.99. The number of nitrogens with zero attached hydrogens (tertiary/aromatic N) is 2. The lowest BCUT2D eigenvalue weighted by Crippen LogP contribution is -2.44. The van der Waals surface area contributed by atoms with E-state index in [1.807, 2.05) is 24.3 Å². The van der Waals surface area contributed by atoms with Gasteiger partial charge in [-0.1, -0.05) is 12.1 Å². The van der Waals surface area contributed by atoms with Gasteiger partial charge in [-0.05, 0) is 24.1 Å². The lowest BCUT2D eigenvalue weighted by molar-refractivity contribution is 0.0673. The molecule has 22 heavy (non-hydrogen) atoms. The van der Waals surface area contributed by atoms with Gasteiger partial charge in [0.1, 0.15) is 5.75 Å².